The fourth-order valence-corrected chi connectivity index (χ4v) is 2.08. The summed E-state index contributed by atoms with van der Waals surface area (Å²) in [5.41, 5.74) is 0.771. The van der Waals surface area contributed by atoms with Gasteiger partial charge in [0.25, 0.3) is 0 Å². The van der Waals surface area contributed by atoms with Crippen molar-refractivity contribution in [2.45, 2.75) is 19.9 Å². The van der Waals surface area contributed by atoms with Gasteiger partial charge in [0.05, 0.1) is 18.7 Å². The highest BCUT2D eigenvalue weighted by Crippen LogP contribution is 2.28. The highest BCUT2D eigenvalue weighted by Gasteiger charge is 2.17. The van der Waals surface area contributed by atoms with E-state index in [1.807, 2.05) is 13.0 Å². The predicted molar refractivity (Wildman–Crippen MR) is 79.1 cm³/mol. The summed E-state index contributed by atoms with van der Waals surface area (Å²) in [7, 11) is 0. The van der Waals surface area contributed by atoms with E-state index in [0.717, 1.165) is 5.56 Å². The third kappa shape index (κ3) is 4.52. The van der Waals surface area contributed by atoms with Crippen molar-refractivity contribution < 1.29 is 9.53 Å². The minimum Gasteiger partial charge on any atom is -0.465 e. The van der Waals surface area contributed by atoms with Gasteiger partial charge in [-0.25, -0.2) is 0 Å². The fourth-order valence-electron chi connectivity index (χ4n) is 1.51. The largest absolute Gasteiger partial charge is 0.465 e. The number of benzene rings is 1. The van der Waals surface area contributed by atoms with Crippen LogP contribution in [0.15, 0.2) is 23.2 Å². The molecular formula is C14H14Cl2N2O2. The Morgan fingerprint density at radius 3 is 2.80 bits per heavy atom. The molecule has 4 nitrogen and oxygen atoms in total. The number of hydrogen-bond donors (Lipinski definition) is 0. The van der Waals surface area contributed by atoms with Crippen molar-refractivity contribution in [2.24, 2.45) is 10.9 Å². The maximum Gasteiger partial charge on any atom is 0.328 e. The molecule has 0 N–H and O–H groups in total. The first kappa shape index (κ1) is 16.5. The normalized spacial score (nSPS) is 13.8. The minimum atomic E-state index is -1.01. The lowest BCUT2D eigenvalue weighted by Gasteiger charge is -2.10. The molecule has 0 amide bonds. The molecule has 106 valence electrons. The minimum absolute atomic E-state index is 0.226. The van der Waals surface area contributed by atoms with Gasteiger partial charge >= 0.3 is 5.97 Å². The van der Waals surface area contributed by atoms with Crippen LogP contribution in [0.1, 0.15) is 25.5 Å². The van der Waals surface area contributed by atoms with Gasteiger partial charge in [-0.2, -0.15) is 5.26 Å². The van der Waals surface area contributed by atoms with E-state index in [1.165, 1.54) is 6.21 Å². The first-order valence-corrected chi connectivity index (χ1v) is 6.79. The van der Waals surface area contributed by atoms with E-state index in [9.17, 15) is 4.79 Å². The van der Waals surface area contributed by atoms with Crippen molar-refractivity contribution in [3.8, 4) is 6.07 Å². The molecule has 0 fully saturated rings. The van der Waals surface area contributed by atoms with Gasteiger partial charge in [0.1, 0.15) is 0 Å². The zero-order chi connectivity index (χ0) is 15.1. The SMILES string of the molecule is CCOC(=O)[C@@H](C#N)C=N[C@@H](C)c1ccc(Cl)cc1Cl. The Bertz CT molecular complexity index is 553. The predicted octanol–water partition coefficient (Wildman–Crippen LogP) is 3.83. The van der Waals surface area contributed by atoms with Crippen LogP contribution < -0.4 is 0 Å². The highest BCUT2D eigenvalue weighted by atomic mass is 35.5. The number of aliphatic imine (C=N–C) groups is 1. The van der Waals surface area contributed by atoms with E-state index >= 15 is 0 Å². The van der Waals surface area contributed by atoms with Crippen molar-refractivity contribution in [3.63, 3.8) is 0 Å². The number of hydrogen-bond acceptors (Lipinski definition) is 4. The van der Waals surface area contributed by atoms with Crippen LogP contribution in [-0.4, -0.2) is 18.8 Å². The van der Waals surface area contributed by atoms with Crippen LogP contribution in [0.25, 0.3) is 0 Å². The van der Waals surface area contributed by atoms with Crippen molar-refractivity contribution in [1.29, 1.82) is 5.26 Å². The van der Waals surface area contributed by atoms with E-state index in [1.54, 1.807) is 25.1 Å². The summed E-state index contributed by atoms with van der Waals surface area (Å²) in [4.78, 5) is 15.6. The lowest BCUT2D eigenvalue weighted by atomic mass is 10.1. The van der Waals surface area contributed by atoms with Gasteiger partial charge in [-0.15, -0.1) is 0 Å². The number of carbonyl (C=O) groups excluding carboxylic acids is 1. The molecule has 1 aromatic carbocycles. The van der Waals surface area contributed by atoms with Crippen LogP contribution in [0, 0.1) is 17.2 Å². The summed E-state index contributed by atoms with van der Waals surface area (Å²) >= 11 is 11.9. The molecule has 0 unspecified atom stereocenters. The van der Waals surface area contributed by atoms with E-state index in [4.69, 9.17) is 33.2 Å². The van der Waals surface area contributed by atoms with Crippen molar-refractivity contribution in [3.05, 3.63) is 33.8 Å². The summed E-state index contributed by atoms with van der Waals surface area (Å²) < 4.78 is 4.78. The molecule has 0 aliphatic carbocycles. The van der Waals surface area contributed by atoms with Crippen LogP contribution in [0.4, 0.5) is 0 Å². The molecule has 20 heavy (non-hydrogen) atoms. The molecule has 6 heteroatoms. The molecule has 0 spiro atoms. The van der Waals surface area contributed by atoms with Crippen LogP contribution >= 0.6 is 23.2 Å². The van der Waals surface area contributed by atoms with Gasteiger partial charge < -0.3 is 4.74 Å². The Kier molecular flexibility index (Phi) is 6.50. The molecule has 0 bridgehead atoms. The van der Waals surface area contributed by atoms with Gasteiger partial charge in [0.2, 0.25) is 0 Å². The average Bonchev–Trinajstić information content (AvgIpc) is 2.39. The topological polar surface area (TPSA) is 62.5 Å². The standard InChI is InChI=1S/C14H14Cl2N2O2/c1-3-20-14(19)10(7-17)8-18-9(2)12-5-4-11(15)6-13(12)16/h4-6,8-10H,3H2,1-2H3/t9-,10-/m0/s1. The van der Waals surface area contributed by atoms with Gasteiger partial charge in [0, 0.05) is 16.3 Å². The Morgan fingerprint density at radius 2 is 2.25 bits per heavy atom. The van der Waals surface area contributed by atoms with Gasteiger partial charge in [-0.3, -0.25) is 9.79 Å². The quantitative estimate of drug-likeness (QED) is 0.613. The van der Waals surface area contributed by atoms with E-state index < -0.39 is 11.9 Å². The number of rotatable bonds is 5. The first-order chi connectivity index (χ1) is 9.49. The average molecular weight is 313 g/mol. The molecule has 1 aromatic rings. The summed E-state index contributed by atoms with van der Waals surface area (Å²) in [6.07, 6.45) is 1.29. The summed E-state index contributed by atoms with van der Waals surface area (Å²) in [5.74, 6) is -1.61. The maximum absolute atomic E-state index is 11.5. The van der Waals surface area contributed by atoms with Crippen molar-refractivity contribution >= 4 is 35.4 Å². The highest BCUT2D eigenvalue weighted by molar-refractivity contribution is 6.35. The van der Waals surface area contributed by atoms with Gasteiger partial charge in [-0.05, 0) is 31.5 Å². The lowest BCUT2D eigenvalue weighted by molar-refractivity contribution is -0.143. The molecule has 2 atom stereocenters. The third-order valence-corrected chi connectivity index (χ3v) is 3.11. The summed E-state index contributed by atoms with van der Waals surface area (Å²) in [5, 5.41) is 9.94. The number of nitrogens with zero attached hydrogens (tertiary/aromatic N) is 2. The van der Waals surface area contributed by atoms with Crippen molar-refractivity contribution in [1.82, 2.24) is 0 Å². The van der Waals surface area contributed by atoms with Gasteiger partial charge in [-0.1, -0.05) is 29.3 Å². The first-order valence-electron chi connectivity index (χ1n) is 6.04. The number of ether oxygens (including phenoxy) is 1. The van der Waals surface area contributed by atoms with Crippen LogP contribution in [0.5, 0.6) is 0 Å². The molecule has 0 aliphatic heterocycles. The summed E-state index contributed by atoms with van der Waals surface area (Å²) in [6.45, 7) is 3.72. The molecule has 0 saturated carbocycles. The van der Waals surface area contributed by atoms with Gasteiger partial charge in [0.15, 0.2) is 5.92 Å². The molecular weight excluding hydrogens is 299 g/mol. The van der Waals surface area contributed by atoms with Crippen LogP contribution in [-0.2, 0) is 9.53 Å². The number of nitriles is 1. The Morgan fingerprint density at radius 1 is 1.55 bits per heavy atom. The van der Waals surface area contributed by atoms with Crippen LogP contribution in [0.2, 0.25) is 10.0 Å². The van der Waals surface area contributed by atoms with Crippen LogP contribution in [0.3, 0.4) is 0 Å². The number of halogens is 2. The Balaban J connectivity index is 2.83. The third-order valence-electron chi connectivity index (χ3n) is 2.55. The van der Waals surface area contributed by atoms with E-state index in [0.29, 0.717) is 10.0 Å². The zero-order valence-electron chi connectivity index (χ0n) is 11.1. The molecule has 0 aliphatic rings. The van der Waals surface area contributed by atoms with Crippen molar-refractivity contribution in [2.75, 3.05) is 6.61 Å². The van der Waals surface area contributed by atoms with E-state index in [2.05, 4.69) is 4.99 Å². The molecule has 1 rings (SSSR count). The monoisotopic (exact) mass is 312 g/mol. The smallest absolute Gasteiger partial charge is 0.328 e. The number of esters is 1. The molecule has 0 aromatic heterocycles. The second kappa shape index (κ2) is 7.88. The lowest BCUT2D eigenvalue weighted by Crippen LogP contribution is -2.17. The Hall–Kier alpha value is -1.57. The molecule has 0 saturated heterocycles. The summed E-state index contributed by atoms with van der Waals surface area (Å²) in [6, 6.07) is 6.65. The zero-order valence-corrected chi connectivity index (χ0v) is 12.6. The number of carbonyl (C=O) groups is 1. The second-order valence-corrected chi connectivity index (χ2v) is 4.84. The van der Waals surface area contributed by atoms with E-state index in [-0.39, 0.29) is 12.6 Å². The maximum atomic E-state index is 11.5. The fraction of sp³-hybridized carbons (Fsp3) is 0.357. The second-order valence-electron chi connectivity index (χ2n) is 4.00. The molecule has 0 radical (unpaired) electrons. The molecule has 0 heterocycles. The Labute approximate surface area is 128 Å².